The fourth-order valence-electron chi connectivity index (χ4n) is 6.45. The Labute approximate surface area is 202 Å². The van der Waals surface area contributed by atoms with Crippen LogP contribution in [0.3, 0.4) is 0 Å². The second-order valence-electron chi connectivity index (χ2n) is 10.7. The molecule has 2 amide bonds. The molecule has 3 aliphatic rings. The van der Waals surface area contributed by atoms with Crippen LogP contribution in [0.1, 0.15) is 76.1 Å². The van der Waals surface area contributed by atoms with Crippen LogP contribution in [0.25, 0.3) is 0 Å². The van der Waals surface area contributed by atoms with E-state index < -0.39 is 23.4 Å². The molecule has 3 fully saturated rings. The predicted octanol–water partition coefficient (Wildman–Crippen LogP) is 3.79. The molecule has 34 heavy (non-hydrogen) atoms. The van der Waals surface area contributed by atoms with Gasteiger partial charge in [-0.2, -0.15) is 0 Å². The van der Waals surface area contributed by atoms with Crippen LogP contribution < -0.4 is 4.90 Å². The van der Waals surface area contributed by atoms with Gasteiger partial charge in [-0.05, 0) is 37.9 Å². The molecule has 2 aliphatic heterocycles. The number of hydrogen-bond acceptors (Lipinski definition) is 6. The molecule has 1 aromatic carbocycles. The fraction of sp³-hybridized carbons (Fsp3) is 0.667. The van der Waals surface area contributed by atoms with Crippen molar-refractivity contribution < 1.29 is 24.2 Å². The highest BCUT2D eigenvalue weighted by molar-refractivity contribution is 6.22. The SMILES string of the molecule is CCCC[C@@]12CCC[C@@](COC(=O)c3ccccc3N3C(=O)C[C@H](C)C3=O)(CN(CC)C1)C2O. The standard InChI is InChI=1S/C27H38N2O5/c1-4-6-12-26-13-9-14-27(25(26)33,17-28(5-2)16-26)18-34-24(32)20-10-7-8-11-21(20)29-22(30)15-19(3)23(29)31/h7-8,10-11,19,25,33H,4-6,9,12-18H2,1-3H3/t19-,25?,26+,27-/m0/s1. The van der Waals surface area contributed by atoms with E-state index in [0.717, 1.165) is 56.5 Å². The summed E-state index contributed by atoms with van der Waals surface area (Å²) in [6.45, 7) is 8.66. The lowest BCUT2D eigenvalue weighted by atomic mass is 9.55. The number of esters is 1. The number of imide groups is 1. The van der Waals surface area contributed by atoms with Gasteiger partial charge in [0.05, 0.1) is 17.4 Å². The van der Waals surface area contributed by atoms with E-state index in [-0.39, 0.29) is 41.5 Å². The van der Waals surface area contributed by atoms with Crippen LogP contribution in [0.5, 0.6) is 0 Å². The van der Waals surface area contributed by atoms with Crippen LogP contribution >= 0.6 is 0 Å². The zero-order valence-corrected chi connectivity index (χ0v) is 20.7. The first-order valence-corrected chi connectivity index (χ1v) is 12.8. The maximum Gasteiger partial charge on any atom is 0.340 e. The van der Waals surface area contributed by atoms with E-state index in [9.17, 15) is 19.5 Å². The second kappa shape index (κ2) is 9.78. The van der Waals surface area contributed by atoms with Crippen LogP contribution in [0.15, 0.2) is 24.3 Å². The van der Waals surface area contributed by atoms with Gasteiger partial charge in [0.15, 0.2) is 0 Å². The van der Waals surface area contributed by atoms with Gasteiger partial charge in [-0.3, -0.25) is 9.59 Å². The number of benzene rings is 1. The molecule has 2 saturated heterocycles. The number of carbonyl (C=O) groups excluding carboxylic acids is 3. The molecule has 2 bridgehead atoms. The third kappa shape index (κ3) is 4.29. The van der Waals surface area contributed by atoms with E-state index in [0.29, 0.717) is 6.54 Å². The van der Waals surface area contributed by atoms with E-state index in [2.05, 4.69) is 18.7 Å². The number of hydrogen-bond donors (Lipinski definition) is 1. The summed E-state index contributed by atoms with van der Waals surface area (Å²) in [7, 11) is 0. The summed E-state index contributed by atoms with van der Waals surface area (Å²) in [6, 6.07) is 6.63. The monoisotopic (exact) mass is 470 g/mol. The third-order valence-corrected chi connectivity index (χ3v) is 8.29. The number of unbranched alkanes of at least 4 members (excludes halogenated alkanes) is 1. The van der Waals surface area contributed by atoms with Gasteiger partial charge in [-0.1, -0.05) is 52.2 Å². The third-order valence-electron chi connectivity index (χ3n) is 8.29. The van der Waals surface area contributed by atoms with Gasteiger partial charge in [0.2, 0.25) is 11.8 Å². The summed E-state index contributed by atoms with van der Waals surface area (Å²) >= 11 is 0. The summed E-state index contributed by atoms with van der Waals surface area (Å²) in [5.41, 5.74) is -0.166. The number of aliphatic hydroxyl groups is 1. The minimum Gasteiger partial charge on any atom is -0.461 e. The van der Waals surface area contributed by atoms with E-state index in [1.54, 1.807) is 31.2 Å². The number of fused-ring (bicyclic) bond motifs is 2. The number of carbonyl (C=O) groups is 3. The molecule has 0 spiro atoms. The lowest BCUT2D eigenvalue weighted by molar-refractivity contribution is -0.184. The number of likely N-dealkylation sites (tertiary alicyclic amines) is 1. The Hall–Kier alpha value is -2.25. The summed E-state index contributed by atoms with van der Waals surface area (Å²) in [4.78, 5) is 41.8. The quantitative estimate of drug-likeness (QED) is 0.460. The highest BCUT2D eigenvalue weighted by Gasteiger charge is 2.57. The maximum atomic E-state index is 13.3. The molecular weight excluding hydrogens is 432 g/mol. The highest BCUT2D eigenvalue weighted by atomic mass is 16.5. The van der Waals surface area contributed by atoms with Crippen molar-refractivity contribution in [2.75, 3.05) is 31.1 Å². The number of anilines is 1. The molecule has 1 N–H and O–H groups in total. The number of aliphatic hydroxyl groups excluding tert-OH is 1. The molecule has 7 heteroatoms. The normalized spacial score (nSPS) is 31.7. The average molecular weight is 471 g/mol. The first-order valence-electron chi connectivity index (χ1n) is 12.8. The van der Waals surface area contributed by atoms with E-state index in [1.165, 1.54) is 0 Å². The van der Waals surface area contributed by atoms with Gasteiger partial charge in [-0.15, -0.1) is 0 Å². The predicted molar refractivity (Wildman–Crippen MR) is 129 cm³/mol. The zero-order valence-electron chi connectivity index (χ0n) is 20.7. The number of rotatable bonds is 8. The molecule has 1 saturated carbocycles. The van der Waals surface area contributed by atoms with Gasteiger partial charge >= 0.3 is 5.97 Å². The molecule has 186 valence electrons. The van der Waals surface area contributed by atoms with Crippen molar-refractivity contribution in [3.05, 3.63) is 29.8 Å². The van der Waals surface area contributed by atoms with E-state index >= 15 is 0 Å². The lowest BCUT2D eigenvalue weighted by Gasteiger charge is -2.59. The van der Waals surface area contributed by atoms with Crippen molar-refractivity contribution >= 4 is 23.5 Å². The van der Waals surface area contributed by atoms with Crippen LogP contribution in [-0.2, 0) is 14.3 Å². The van der Waals surface area contributed by atoms with E-state index in [4.69, 9.17) is 4.74 Å². The molecular formula is C27H38N2O5. The number of ether oxygens (including phenoxy) is 1. The average Bonchev–Trinajstić information content (AvgIpc) is 3.08. The topological polar surface area (TPSA) is 87.2 Å². The fourth-order valence-corrected chi connectivity index (χ4v) is 6.45. The Bertz CT molecular complexity index is 949. The molecule has 7 nitrogen and oxygen atoms in total. The summed E-state index contributed by atoms with van der Waals surface area (Å²) in [6.07, 6.45) is 5.60. The Balaban J connectivity index is 1.56. The molecule has 2 heterocycles. The number of para-hydroxylation sites is 1. The van der Waals surface area contributed by atoms with Crippen molar-refractivity contribution in [1.29, 1.82) is 0 Å². The van der Waals surface area contributed by atoms with Crippen LogP contribution in [0.4, 0.5) is 5.69 Å². The van der Waals surface area contributed by atoms with Gasteiger partial charge in [0, 0.05) is 36.3 Å². The van der Waals surface area contributed by atoms with Gasteiger partial charge in [0.25, 0.3) is 0 Å². The number of piperidine rings is 1. The minimum atomic E-state index is -0.560. The highest BCUT2D eigenvalue weighted by Crippen LogP contribution is 2.53. The van der Waals surface area contributed by atoms with Gasteiger partial charge in [0.1, 0.15) is 6.61 Å². The summed E-state index contributed by atoms with van der Waals surface area (Å²) in [5, 5.41) is 11.6. The molecule has 1 aromatic rings. The van der Waals surface area contributed by atoms with Crippen molar-refractivity contribution in [2.24, 2.45) is 16.7 Å². The molecule has 4 atom stereocenters. The molecule has 4 rings (SSSR count). The van der Waals surface area contributed by atoms with Crippen molar-refractivity contribution in [3.8, 4) is 0 Å². The van der Waals surface area contributed by atoms with Gasteiger partial charge < -0.3 is 14.7 Å². The van der Waals surface area contributed by atoms with Crippen molar-refractivity contribution in [2.45, 2.75) is 71.8 Å². The van der Waals surface area contributed by atoms with E-state index in [1.807, 2.05) is 0 Å². The van der Waals surface area contributed by atoms with Gasteiger partial charge in [-0.25, -0.2) is 9.69 Å². The Morgan fingerprint density at radius 2 is 1.85 bits per heavy atom. The minimum absolute atomic E-state index is 0.129. The first kappa shape index (κ1) is 24.9. The second-order valence-corrected chi connectivity index (χ2v) is 10.7. The molecule has 1 aliphatic carbocycles. The Kier molecular flexibility index (Phi) is 7.15. The molecule has 0 radical (unpaired) electrons. The van der Waals surface area contributed by atoms with Crippen LogP contribution in [0, 0.1) is 16.7 Å². The largest absolute Gasteiger partial charge is 0.461 e. The number of nitrogens with zero attached hydrogens (tertiary/aromatic N) is 2. The summed E-state index contributed by atoms with van der Waals surface area (Å²) in [5.74, 6) is -1.55. The smallest absolute Gasteiger partial charge is 0.340 e. The molecule has 1 unspecified atom stereocenters. The van der Waals surface area contributed by atoms with Crippen molar-refractivity contribution in [3.63, 3.8) is 0 Å². The van der Waals surface area contributed by atoms with Crippen molar-refractivity contribution in [1.82, 2.24) is 4.90 Å². The summed E-state index contributed by atoms with van der Waals surface area (Å²) < 4.78 is 5.88. The number of amides is 2. The maximum absolute atomic E-state index is 13.3. The van der Waals surface area contributed by atoms with Crippen LogP contribution in [-0.4, -0.2) is 60.1 Å². The zero-order chi connectivity index (χ0) is 24.5. The lowest BCUT2D eigenvalue weighted by Crippen LogP contribution is -2.66. The molecule has 0 aromatic heterocycles. The Morgan fingerprint density at radius 1 is 1.15 bits per heavy atom. The Morgan fingerprint density at radius 3 is 2.53 bits per heavy atom. The van der Waals surface area contributed by atoms with Crippen LogP contribution in [0.2, 0.25) is 0 Å². The first-order chi connectivity index (χ1) is 16.3.